The molecule has 0 saturated carbocycles. The van der Waals surface area contributed by atoms with Gasteiger partial charge in [0.15, 0.2) is 0 Å². The highest BCUT2D eigenvalue weighted by atomic mass is 31.2. The van der Waals surface area contributed by atoms with Crippen LogP contribution in [0.1, 0.15) is 65.2 Å². The quantitative estimate of drug-likeness (QED) is 0.246. The molecule has 0 aromatic heterocycles. The van der Waals surface area contributed by atoms with Crippen LogP contribution in [0.25, 0.3) is 0 Å². The van der Waals surface area contributed by atoms with Crippen molar-refractivity contribution in [2.75, 3.05) is 6.61 Å². The highest BCUT2D eigenvalue weighted by molar-refractivity contribution is 7.45. The highest BCUT2D eigenvalue weighted by Crippen LogP contribution is 2.25. The summed E-state index contributed by atoms with van der Waals surface area (Å²) in [4.78, 5) is 32.6. The van der Waals surface area contributed by atoms with E-state index in [4.69, 9.17) is 24.0 Å². The number of unbranched alkanes of at least 4 members (excludes halogenated alkanes) is 7. The molecule has 126 valence electrons. The molecule has 0 saturated heterocycles. The van der Waals surface area contributed by atoms with Gasteiger partial charge in [0, 0.05) is 5.57 Å². The fourth-order valence-electron chi connectivity index (χ4n) is 1.52. The van der Waals surface area contributed by atoms with Crippen LogP contribution >= 0.6 is 7.82 Å². The zero-order chi connectivity index (χ0) is 16.7. The Morgan fingerprint density at radius 3 is 1.76 bits per heavy atom. The Morgan fingerprint density at radius 2 is 1.38 bits per heavy atom. The Hall–Kier alpha value is -0.680. The van der Waals surface area contributed by atoms with Crippen molar-refractivity contribution in [1.82, 2.24) is 0 Å². The minimum atomic E-state index is -4.64. The van der Waals surface area contributed by atoms with Gasteiger partial charge in [-0.15, -0.1) is 0 Å². The largest absolute Gasteiger partial charge is 0.466 e. The second kappa shape index (κ2) is 14.3. The van der Waals surface area contributed by atoms with Crippen LogP contribution in [0.15, 0.2) is 12.2 Å². The SMILES string of the molecule is C=C(C)C(=O)OCCCCCCCCCC.O=P(O)(O)O. The Balaban J connectivity index is 0. The number of esters is 1. The van der Waals surface area contributed by atoms with Crippen LogP contribution < -0.4 is 0 Å². The zero-order valence-corrected chi connectivity index (χ0v) is 14.0. The summed E-state index contributed by atoms with van der Waals surface area (Å²) in [6, 6.07) is 0. The van der Waals surface area contributed by atoms with E-state index in [1.54, 1.807) is 6.92 Å². The Morgan fingerprint density at radius 1 is 1.00 bits per heavy atom. The molecule has 0 aliphatic carbocycles. The van der Waals surface area contributed by atoms with Crippen LogP contribution in [-0.4, -0.2) is 27.3 Å². The first-order valence-electron chi connectivity index (χ1n) is 7.29. The van der Waals surface area contributed by atoms with Gasteiger partial charge < -0.3 is 19.4 Å². The van der Waals surface area contributed by atoms with Gasteiger partial charge in [0.25, 0.3) is 0 Å². The summed E-state index contributed by atoms with van der Waals surface area (Å²) in [5.41, 5.74) is 0.486. The summed E-state index contributed by atoms with van der Waals surface area (Å²) in [5, 5.41) is 0. The molecular formula is C14H29O6P. The van der Waals surface area contributed by atoms with Crippen molar-refractivity contribution < 1.29 is 28.8 Å². The summed E-state index contributed by atoms with van der Waals surface area (Å²) >= 11 is 0. The fraction of sp³-hybridized carbons (Fsp3) is 0.786. The van der Waals surface area contributed by atoms with Crippen molar-refractivity contribution in [3.63, 3.8) is 0 Å². The minimum absolute atomic E-state index is 0.261. The lowest BCUT2D eigenvalue weighted by Crippen LogP contribution is -2.05. The number of rotatable bonds is 10. The van der Waals surface area contributed by atoms with E-state index in [2.05, 4.69) is 13.5 Å². The van der Waals surface area contributed by atoms with Crippen molar-refractivity contribution in [3.8, 4) is 0 Å². The molecule has 0 aliphatic rings. The third-order valence-corrected chi connectivity index (χ3v) is 2.58. The molecule has 0 rings (SSSR count). The number of hydrogen-bond donors (Lipinski definition) is 3. The third-order valence-electron chi connectivity index (χ3n) is 2.58. The van der Waals surface area contributed by atoms with Gasteiger partial charge >= 0.3 is 13.8 Å². The highest BCUT2D eigenvalue weighted by Gasteiger charge is 2.01. The lowest BCUT2D eigenvalue weighted by atomic mass is 10.1. The molecule has 0 unspecified atom stereocenters. The maximum absolute atomic E-state index is 11.0. The van der Waals surface area contributed by atoms with Gasteiger partial charge in [0.1, 0.15) is 0 Å². The summed E-state index contributed by atoms with van der Waals surface area (Å²) in [6.07, 6.45) is 10.1. The van der Waals surface area contributed by atoms with Crippen LogP contribution in [0.2, 0.25) is 0 Å². The maximum Gasteiger partial charge on any atom is 0.466 e. The Bertz CT molecular complexity index is 315. The van der Waals surface area contributed by atoms with Crippen molar-refractivity contribution >= 4 is 13.8 Å². The second-order valence-corrected chi connectivity index (χ2v) is 5.93. The smallest absolute Gasteiger partial charge is 0.462 e. The van der Waals surface area contributed by atoms with Gasteiger partial charge in [-0.1, -0.05) is 58.4 Å². The molecule has 0 fully saturated rings. The molecule has 3 N–H and O–H groups in total. The average Bonchev–Trinajstić information content (AvgIpc) is 2.34. The first-order valence-corrected chi connectivity index (χ1v) is 8.86. The standard InChI is InChI=1S/C14H26O2.H3O4P/c1-4-5-6-7-8-9-10-11-12-16-14(15)13(2)3;1-5(2,3)4/h2,4-12H2,1,3H3;(H3,1,2,3,4). The van der Waals surface area contributed by atoms with E-state index < -0.39 is 7.82 Å². The Labute approximate surface area is 127 Å². The van der Waals surface area contributed by atoms with Crippen LogP contribution in [0, 0.1) is 0 Å². The zero-order valence-electron chi connectivity index (χ0n) is 13.1. The molecular weight excluding hydrogens is 295 g/mol. The van der Waals surface area contributed by atoms with Crippen LogP contribution in [0.4, 0.5) is 0 Å². The van der Waals surface area contributed by atoms with E-state index in [0.717, 1.165) is 12.8 Å². The number of ether oxygens (including phenoxy) is 1. The lowest BCUT2D eigenvalue weighted by molar-refractivity contribution is -0.139. The van der Waals surface area contributed by atoms with Crippen molar-refractivity contribution in [1.29, 1.82) is 0 Å². The minimum Gasteiger partial charge on any atom is -0.462 e. The number of hydrogen-bond acceptors (Lipinski definition) is 3. The summed E-state index contributed by atoms with van der Waals surface area (Å²) in [7, 11) is -4.64. The molecule has 6 nitrogen and oxygen atoms in total. The molecule has 0 heterocycles. The summed E-state index contributed by atoms with van der Waals surface area (Å²) in [5.74, 6) is -0.261. The first-order chi connectivity index (χ1) is 9.68. The van der Waals surface area contributed by atoms with E-state index in [-0.39, 0.29) is 5.97 Å². The molecule has 0 amide bonds. The molecule has 0 spiro atoms. The van der Waals surface area contributed by atoms with Crippen molar-refractivity contribution in [2.24, 2.45) is 0 Å². The van der Waals surface area contributed by atoms with Gasteiger partial charge in [0.05, 0.1) is 6.61 Å². The first kappa shape index (κ1) is 22.6. The topological polar surface area (TPSA) is 104 Å². The van der Waals surface area contributed by atoms with Gasteiger partial charge in [-0.3, -0.25) is 0 Å². The van der Waals surface area contributed by atoms with Crippen LogP contribution in [-0.2, 0) is 14.1 Å². The van der Waals surface area contributed by atoms with E-state index in [0.29, 0.717) is 12.2 Å². The number of carbonyl (C=O) groups is 1. The average molecular weight is 324 g/mol. The Kier molecular flexibility index (Phi) is 15.4. The molecule has 7 heteroatoms. The third kappa shape index (κ3) is 28.3. The molecule has 0 aliphatic heterocycles. The monoisotopic (exact) mass is 324 g/mol. The van der Waals surface area contributed by atoms with Crippen molar-refractivity contribution in [2.45, 2.75) is 65.2 Å². The number of phosphoric acid groups is 1. The molecule has 0 radical (unpaired) electrons. The molecule has 21 heavy (non-hydrogen) atoms. The van der Waals surface area contributed by atoms with E-state index in [1.807, 2.05) is 0 Å². The second-order valence-electron chi connectivity index (χ2n) is 4.90. The normalized spacial score (nSPS) is 10.5. The summed E-state index contributed by atoms with van der Waals surface area (Å²) in [6.45, 7) is 7.99. The van der Waals surface area contributed by atoms with Crippen LogP contribution in [0.5, 0.6) is 0 Å². The molecule has 0 atom stereocenters. The predicted molar refractivity (Wildman–Crippen MR) is 82.6 cm³/mol. The lowest BCUT2D eigenvalue weighted by Gasteiger charge is -2.04. The van der Waals surface area contributed by atoms with Crippen LogP contribution in [0.3, 0.4) is 0 Å². The number of carbonyl (C=O) groups excluding carboxylic acids is 1. The van der Waals surface area contributed by atoms with Crippen molar-refractivity contribution in [3.05, 3.63) is 12.2 Å². The summed E-state index contributed by atoms with van der Waals surface area (Å²) < 4.78 is 13.9. The van der Waals surface area contributed by atoms with E-state index >= 15 is 0 Å². The van der Waals surface area contributed by atoms with Gasteiger partial charge in [-0.2, -0.15) is 0 Å². The predicted octanol–water partition coefficient (Wildman–Crippen LogP) is 3.32. The van der Waals surface area contributed by atoms with Gasteiger partial charge in [0.2, 0.25) is 0 Å². The van der Waals surface area contributed by atoms with E-state index in [1.165, 1.54) is 38.5 Å². The fourth-order valence-corrected chi connectivity index (χ4v) is 1.52. The molecule has 0 aromatic carbocycles. The van der Waals surface area contributed by atoms with E-state index in [9.17, 15) is 4.79 Å². The molecule has 0 aromatic rings. The molecule has 0 bridgehead atoms. The van der Waals surface area contributed by atoms with Gasteiger partial charge in [-0.05, 0) is 13.3 Å². The van der Waals surface area contributed by atoms with Gasteiger partial charge in [-0.25, -0.2) is 9.36 Å². The maximum atomic E-state index is 11.0.